The normalized spacial score (nSPS) is 28.2. The molecule has 1 spiro atoms. The van der Waals surface area contributed by atoms with Crippen LogP contribution >= 0.6 is 0 Å². The van der Waals surface area contributed by atoms with Crippen molar-refractivity contribution < 1.29 is 13.9 Å². The maximum absolute atomic E-state index is 14.1. The lowest BCUT2D eigenvalue weighted by molar-refractivity contribution is -0.154. The van der Waals surface area contributed by atoms with E-state index in [1.54, 1.807) is 12.1 Å². The Morgan fingerprint density at radius 1 is 1.24 bits per heavy atom. The van der Waals surface area contributed by atoms with Gasteiger partial charge in [0.1, 0.15) is 5.82 Å². The first-order chi connectivity index (χ1) is 10.0. The Balaban J connectivity index is 1.83. The number of halogens is 1. The minimum atomic E-state index is -0.666. The molecule has 3 nitrogen and oxygen atoms in total. The SMILES string of the molecule is CC(N)(c1ccccc1F)C1CCOC2(CCOCC2)C1. The van der Waals surface area contributed by atoms with Crippen molar-refractivity contribution in [3.05, 3.63) is 35.6 Å². The summed E-state index contributed by atoms with van der Waals surface area (Å²) in [6.07, 6.45) is 3.59. The van der Waals surface area contributed by atoms with Gasteiger partial charge in [-0.2, -0.15) is 0 Å². The number of benzene rings is 1. The standard InChI is InChI=1S/C17H24FNO2/c1-16(19,14-4-2-3-5-15(14)18)13-6-9-21-17(12-13)7-10-20-11-8-17/h2-5,13H,6-12,19H2,1H3. The van der Waals surface area contributed by atoms with Gasteiger partial charge in [0.2, 0.25) is 0 Å². The molecule has 116 valence electrons. The lowest BCUT2D eigenvalue weighted by atomic mass is 9.70. The van der Waals surface area contributed by atoms with E-state index in [4.69, 9.17) is 15.2 Å². The second-order valence-electron chi connectivity index (χ2n) is 6.60. The zero-order valence-corrected chi connectivity index (χ0v) is 12.6. The highest BCUT2D eigenvalue weighted by Gasteiger charge is 2.45. The third kappa shape index (κ3) is 2.85. The highest BCUT2D eigenvalue weighted by atomic mass is 19.1. The van der Waals surface area contributed by atoms with Gasteiger partial charge in [-0.05, 0) is 44.6 Å². The molecule has 2 saturated heterocycles. The van der Waals surface area contributed by atoms with Crippen molar-refractivity contribution in [2.45, 2.75) is 43.7 Å². The molecule has 0 radical (unpaired) electrons. The van der Waals surface area contributed by atoms with Gasteiger partial charge in [0, 0.05) is 30.9 Å². The van der Waals surface area contributed by atoms with Crippen LogP contribution in [0.1, 0.15) is 38.2 Å². The highest BCUT2D eigenvalue weighted by Crippen LogP contribution is 2.43. The maximum Gasteiger partial charge on any atom is 0.128 e. The molecule has 2 atom stereocenters. The quantitative estimate of drug-likeness (QED) is 0.911. The van der Waals surface area contributed by atoms with Crippen LogP contribution in [-0.2, 0) is 15.0 Å². The molecule has 1 aromatic carbocycles. The number of hydrogen-bond donors (Lipinski definition) is 1. The van der Waals surface area contributed by atoms with Crippen LogP contribution in [0.4, 0.5) is 4.39 Å². The van der Waals surface area contributed by atoms with E-state index in [1.165, 1.54) is 6.07 Å². The van der Waals surface area contributed by atoms with E-state index >= 15 is 0 Å². The van der Waals surface area contributed by atoms with Crippen LogP contribution < -0.4 is 5.73 Å². The topological polar surface area (TPSA) is 44.5 Å². The van der Waals surface area contributed by atoms with Gasteiger partial charge < -0.3 is 15.2 Å². The zero-order valence-electron chi connectivity index (χ0n) is 12.6. The summed E-state index contributed by atoms with van der Waals surface area (Å²) < 4.78 is 25.7. The smallest absolute Gasteiger partial charge is 0.128 e. The molecule has 0 aliphatic carbocycles. The van der Waals surface area contributed by atoms with Crippen LogP contribution in [0.15, 0.2) is 24.3 Å². The molecule has 0 aromatic heterocycles. The van der Waals surface area contributed by atoms with E-state index < -0.39 is 5.54 Å². The van der Waals surface area contributed by atoms with E-state index in [-0.39, 0.29) is 17.3 Å². The Labute approximate surface area is 125 Å². The van der Waals surface area contributed by atoms with Crippen molar-refractivity contribution >= 4 is 0 Å². The van der Waals surface area contributed by atoms with Crippen molar-refractivity contribution in [3.8, 4) is 0 Å². The van der Waals surface area contributed by atoms with E-state index in [0.29, 0.717) is 12.2 Å². The molecule has 2 N–H and O–H groups in total. The van der Waals surface area contributed by atoms with Gasteiger partial charge >= 0.3 is 0 Å². The fourth-order valence-corrected chi connectivity index (χ4v) is 3.75. The summed E-state index contributed by atoms with van der Waals surface area (Å²) in [5, 5.41) is 0. The summed E-state index contributed by atoms with van der Waals surface area (Å²) in [4.78, 5) is 0. The molecule has 3 rings (SSSR count). The van der Waals surface area contributed by atoms with Crippen LogP contribution in [-0.4, -0.2) is 25.4 Å². The molecule has 2 fully saturated rings. The largest absolute Gasteiger partial charge is 0.381 e. The molecular weight excluding hydrogens is 269 g/mol. The number of rotatable bonds is 2. The van der Waals surface area contributed by atoms with Crippen LogP contribution in [0, 0.1) is 11.7 Å². The van der Waals surface area contributed by atoms with Gasteiger partial charge in [0.25, 0.3) is 0 Å². The predicted octanol–water partition coefficient (Wildman–Crippen LogP) is 2.98. The Kier molecular flexibility index (Phi) is 4.04. The van der Waals surface area contributed by atoms with Crippen LogP contribution in [0.25, 0.3) is 0 Å². The summed E-state index contributed by atoms with van der Waals surface area (Å²) in [7, 11) is 0. The third-order valence-electron chi connectivity index (χ3n) is 5.20. The lowest BCUT2D eigenvalue weighted by Gasteiger charge is -2.47. The van der Waals surface area contributed by atoms with Crippen LogP contribution in [0.2, 0.25) is 0 Å². The molecule has 0 saturated carbocycles. The lowest BCUT2D eigenvalue weighted by Crippen LogP contribution is -2.52. The second-order valence-corrected chi connectivity index (χ2v) is 6.60. The van der Waals surface area contributed by atoms with Gasteiger partial charge in [-0.25, -0.2) is 4.39 Å². The molecular formula is C17H24FNO2. The molecule has 2 heterocycles. The molecule has 0 amide bonds. The van der Waals surface area contributed by atoms with Gasteiger partial charge in [0.15, 0.2) is 0 Å². The zero-order chi connectivity index (χ0) is 14.9. The second kappa shape index (κ2) is 5.67. The van der Waals surface area contributed by atoms with Gasteiger partial charge in [0.05, 0.1) is 5.60 Å². The van der Waals surface area contributed by atoms with Crippen molar-refractivity contribution in [2.75, 3.05) is 19.8 Å². The van der Waals surface area contributed by atoms with E-state index in [0.717, 1.165) is 38.9 Å². The van der Waals surface area contributed by atoms with Gasteiger partial charge in [-0.15, -0.1) is 0 Å². The summed E-state index contributed by atoms with van der Waals surface area (Å²) in [5.74, 6) is 0.0104. The number of ether oxygens (including phenoxy) is 2. The number of nitrogens with two attached hydrogens (primary N) is 1. The Morgan fingerprint density at radius 2 is 1.95 bits per heavy atom. The monoisotopic (exact) mass is 293 g/mol. The Hall–Kier alpha value is -0.970. The van der Waals surface area contributed by atoms with Gasteiger partial charge in [-0.3, -0.25) is 0 Å². The van der Waals surface area contributed by atoms with Gasteiger partial charge in [-0.1, -0.05) is 18.2 Å². The van der Waals surface area contributed by atoms with Crippen LogP contribution in [0.5, 0.6) is 0 Å². The molecule has 2 aliphatic rings. The fourth-order valence-electron chi connectivity index (χ4n) is 3.75. The Morgan fingerprint density at radius 3 is 2.67 bits per heavy atom. The predicted molar refractivity (Wildman–Crippen MR) is 79.4 cm³/mol. The minimum absolute atomic E-state index is 0.118. The average Bonchev–Trinajstić information content (AvgIpc) is 2.48. The summed E-state index contributed by atoms with van der Waals surface area (Å²) in [6.45, 7) is 4.14. The van der Waals surface area contributed by atoms with E-state index in [1.807, 2.05) is 13.0 Å². The first kappa shape index (κ1) is 14.9. The molecule has 2 aliphatic heterocycles. The molecule has 2 unspecified atom stereocenters. The first-order valence-corrected chi connectivity index (χ1v) is 7.79. The summed E-state index contributed by atoms with van der Waals surface area (Å²) in [6, 6.07) is 6.86. The first-order valence-electron chi connectivity index (χ1n) is 7.79. The summed E-state index contributed by atoms with van der Waals surface area (Å²) in [5.41, 5.74) is 6.40. The minimum Gasteiger partial charge on any atom is -0.381 e. The van der Waals surface area contributed by atoms with Crippen molar-refractivity contribution in [1.29, 1.82) is 0 Å². The molecule has 21 heavy (non-hydrogen) atoms. The number of hydrogen-bond acceptors (Lipinski definition) is 3. The molecule has 1 aromatic rings. The fraction of sp³-hybridized carbons (Fsp3) is 0.647. The summed E-state index contributed by atoms with van der Waals surface area (Å²) >= 11 is 0. The molecule has 4 heteroatoms. The Bertz CT molecular complexity index is 492. The highest BCUT2D eigenvalue weighted by molar-refractivity contribution is 5.26. The van der Waals surface area contributed by atoms with Crippen molar-refractivity contribution in [1.82, 2.24) is 0 Å². The van der Waals surface area contributed by atoms with E-state index in [9.17, 15) is 4.39 Å². The van der Waals surface area contributed by atoms with Crippen molar-refractivity contribution in [3.63, 3.8) is 0 Å². The van der Waals surface area contributed by atoms with Crippen LogP contribution in [0.3, 0.4) is 0 Å². The van der Waals surface area contributed by atoms with E-state index in [2.05, 4.69) is 0 Å². The maximum atomic E-state index is 14.1. The third-order valence-corrected chi connectivity index (χ3v) is 5.20. The average molecular weight is 293 g/mol. The molecule has 0 bridgehead atoms. The van der Waals surface area contributed by atoms with Crippen molar-refractivity contribution in [2.24, 2.45) is 11.7 Å².